The Balaban J connectivity index is 2.76. The van der Waals surface area contributed by atoms with Crippen LogP contribution in [0.1, 0.15) is 19.8 Å². The molecule has 1 aromatic carbocycles. The minimum Gasteiger partial charge on any atom is -0.376 e. The van der Waals surface area contributed by atoms with Crippen molar-refractivity contribution in [3.05, 3.63) is 23.2 Å². The molecule has 0 aliphatic rings. The third-order valence-electron chi connectivity index (χ3n) is 2.54. The fourth-order valence-electron chi connectivity index (χ4n) is 1.57. The number of rotatable bonds is 5. The number of carbonyl (C=O) groups is 1. The number of amides is 1. The van der Waals surface area contributed by atoms with Crippen molar-refractivity contribution in [3.8, 4) is 0 Å². The summed E-state index contributed by atoms with van der Waals surface area (Å²) < 4.78 is 0. The van der Waals surface area contributed by atoms with Gasteiger partial charge in [-0.25, -0.2) is 0 Å². The first-order chi connectivity index (χ1) is 8.40. The number of benzene rings is 1. The maximum Gasteiger partial charge on any atom is 0.224 e. The molecule has 18 heavy (non-hydrogen) atoms. The molecule has 4 nitrogen and oxygen atoms in total. The van der Waals surface area contributed by atoms with Gasteiger partial charge in [0.25, 0.3) is 0 Å². The van der Waals surface area contributed by atoms with E-state index in [2.05, 4.69) is 5.32 Å². The molecule has 0 aliphatic heterocycles. The van der Waals surface area contributed by atoms with Crippen LogP contribution in [0.4, 0.5) is 11.4 Å². The van der Waals surface area contributed by atoms with Crippen molar-refractivity contribution in [2.45, 2.75) is 25.8 Å². The van der Waals surface area contributed by atoms with Crippen LogP contribution in [0.5, 0.6) is 0 Å². The van der Waals surface area contributed by atoms with Gasteiger partial charge in [0.05, 0.1) is 11.4 Å². The van der Waals surface area contributed by atoms with E-state index in [9.17, 15) is 4.79 Å². The standard InChI is InChI=1S/C13H20ClN3O/c1-9(15)4-7-13(18)16-11-8-10(14)5-6-12(11)17(2)3/h5-6,8-9H,4,7,15H2,1-3H3,(H,16,18). The van der Waals surface area contributed by atoms with E-state index in [1.54, 1.807) is 12.1 Å². The molecule has 0 heterocycles. The van der Waals surface area contributed by atoms with Crippen molar-refractivity contribution in [3.63, 3.8) is 0 Å². The minimum atomic E-state index is -0.0438. The first-order valence-corrected chi connectivity index (χ1v) is 6.30. The van der Waals surface area contributed by atoms with Crippen molar-refractivity contribution >= 4 is 28.9 Å². The molecule has 0 bridgehead atoms. The highest BCUT2D eigenvalue weighted by Gasteiger charge is 2.09. The van der Waals surface area contributed by atoms with Gasteiger partial charge in [-0.05, 0) is 31.5 Å². The maximum absolute atomic E-state index is 11.8. The molecule has 1 rings (SSSR count). The van der Waals surface area contributed by atoms with Crippen molar-refractivity contribution in [1.82, 2.24) is 0 Å². The van der Waals surface area contributed by atoms with Crippen LogP contribution >= 0.6 is 11.6 Å². The molecular formula is C13H20ClN3O. The van der Waals surface area contributed by atoms with Crippen LogP contribution in [0.3, 0.4) is 0 Å². The van der Waals surface area contributed by atoms with E-state index < -0.39 is 0 Å². The van der Waals surface area contributed by atoms with Crippen LogP contribution in [0, 0.1) is 0 Å². The van der Waals surface area contributed by atoms with Gasteiger partial charge in [0.15, 0.2) is 0 Å². The molecule has 1 unspecified atom stereocenters. The molecule has 0 saturated heterocycles. The fraction of sp³-hybridized carbons (Fsp3) is 0.462. The van der Waals surface area contributed by atoms with Crippen LogP contribution < -0.4 is 16.0 Å². The largest absolute Gasteiger partial charge is 0.376 e. The molecule has 1 atom stereocenters. The molecule has 100 valence electrons. The van der Waals surface area contributed by atoms with E-state index in [4.69, 9.17) is 17.3 Å². The SMILES string of the molecule is CC(N)CCC(=O)Nc1cc(Cl)ccc1N(C)C. The lowest BCUT2D eigenvalue weighted by Crippen LogP contribution is -2.20. The zero-order valence-electron chi connectivity index (χ0n) is 11.0. The number of hydrogen-bond acceptors (Lipinski definition) is 3. The summed E-state index contributed by atoms with van der Waals surface area (Å²) in [6.07, 6.45) is 1.08. The Hall–Kier alpha value is -1.26. The van der Waals surface area contributed by atoms with Gasteiger partial charge in [-0.2, -0.15) is 0 Å². The second kappa shape index (κ2) is 6.61. The number of nitrogens with two attached hydrogens (primary N) is 1. The van der Waals surface area contributed by atoms with Gasteiger partial charge in [-0.15, -0.1) is 0 Å². The summed E-state index contributed by atoms with van der Waals surface area (Å²) in [6, 6.07) is 5.46. The lowest BCUT2D eigenvalue weighted by Gasteiger charge is -2.18. The lowest BCUT2D eigenvalue weighted by atomic mass is 10.2. The highest BCUT2D eigenvalue weighted by Crippen LogP contribution is 2.27. The normalized spacial score (nSPS) is 12.1. The average Bonchev–Trinajstić information content (AvgIpc) is 2.26. The number of nitrogens with zero attached hydrogens (tertiary/aromatic N) is 1. The zero-order valence-corrected chi connectivity index (χ0v) is 11.8. The average molecular weight is 270 g/mol. The Labute approximate surface area is 113 Å². The van der Waals surface area contributed by atoms with E-state index in [1.807, 2.05) is 32.0 Å². The van der Waals surface area contributed by atoms with Gasteiger partial charge in [0.2, 0.25) is 5.91 Å². The molecule has 0 spiro atoms. The molecule has 1 aromatic rings. The predicted octanol–water partition coefficient (Wildman–Crippen LogP) is 2.47. The molecule has 0 aliphatic carbocycles. The molecule has 0 aromatic heterocycles. The maximum atomic E-state index is 11.8. The molecule has 0 saturated carbocycles. The summed E-state index contributed by atoms with van der Waals surface area (Å²) in [4.78, 5) is 13.7. The summed E-state index contributed by atoms with van der Waals surface area (Å²) in [5, 5.41) is 3.47. The summed E-state index contributed by atoms with van der Waals surface area (Å²) in [5.41, 5.74) is 7.28. The molecule has 3 N–H and O–H groups in total. The van der Waals surface area contributed by atoms with Crippen LogP contribution in [0.2, 0.25) is 5.02 Å². The highest BCUT2D eigenvalue weighted by atomic mass is 35.5. The van der Waals surface area contributed by atoms with Crippen LogP contribution in [0.15, 0.2) is 18.2 Å². The van der Waals surface area contributed by atoms with Crippen molar-refractivity contribution in [2.75, 3.05) is 24.3 Å². The summed E-state index contributed by atoms with van der Waals surface area (Å²) in [6.45, 7) is 1.89. The van der Waals surface area contributed by atoms with Crippen molar-refractivity contribution < 1.29 is 4.79 Å². The smallest absolute Gasteiger partial charge is 0.224 e. The monoisotopic (exact) mass is 269 g/mol. The first-order valence-electron chi connectivity index (χ1n) is 5.92. The fourth-order valence-corrected chi connectivity index (χ4v) is 1.74. The van der Waals surface area contributed by atoms with E-state index in [0.717, 1.165) is 11.4 Å². The van der Waals surface area contributed by atoms with Crippen LogP contribution in [-0.4, -0.2) is 26.0 Å². The third kappa shape index (κ3) is 4.55. The summed E-state index contributed by atoms with van der Waals surface area (Å²) in [7, 11) is 3.84. The quantitative estimate of drug-likeness (QED) is 0.863. The number of hydrogen-bond donors (Lipinski definition) is 2. The summed E-state index contributed by atoms with van der Waals surface area (Å²) in [5.74, 6) is -0.0438. The zero-order chi connectivity index (χ0) is 13.7. The highest BCUT2D eigenvalue weighted by molar-refractivity contribution is 6.31. The van der Waals surface area contributed by atoms with Gasteiger partial charge in [0.1, 0.15) is 0 Å². The Morgan fingerprint density at radius 3 is 2.72 bits per heavy atom. The van der Waals surface area contributed by atoms with Gasteiger partial charge in [-0.3, -0.25) is 4.79 Å². The van der Waals surface area contributed by atoms with Gasteiger partial charge in [-0.1, -0.05) is 11.6 Å². The Kier molecular flexibility index (Phi) is 5.44. The molecular weight excluding hydrogens is 250 g/mol. The second-order valence-corrected chi connectivity index (χ2v) is 5.06. The van der Waals surface area contributed by atoms with E-state index >= 15 is 0 Å². The van der Waals surface area contributed by atoms with Crippen molar-refractivity contribution in [2.24, 2.45) is 5.73 Å². The van der Waals surface area contributed by atoms with Crippen LogP contribution in [-0.2, 0) is 4.79 Å². The van der Waals surface area contributed by atoms with Crippen LogP contribution in [0.25, 0.3) is 0 Å². The number of nitrogens with one attached hydrogen (secondary N) is 1. The minimum absolute atomic E-state index is 0.0310. The Bertz CT molecular complexity index is 419. The number of halogens is 1. The number of carbonyl (C=O) groups excluding carboxylic acids is 1. The summed E-state index contributed by atoms with van der Waals surface area (Å²) >= 11 is 5.94. The number of anilines is 2. The van der Waals surface area contributed by atoms with E-state index in [0.29, 0.717) is 17.9 Å². The van der Waals surface area contributed by atoms with Gasteiger partial charge in [0, 0.05) is 31.6 Å². The third-order valence-corrected chi connectivity index (χ3v) is 2.78. The molecule has 0 fully saturated rings. The predicted molar refractivity (Wildman–Crippen MR) is 77.3 cm³/mol. The lowest BCUT2D eigenvalue weighted by molar-refractivity contribution is -0.116. The van der Waals surface area contributed by atoms with E-state index in [1.165, 1.54) is 0 Å². The Morgan fingerprint density at radius 1 is 1.50 bits per heavy atom. The van der Waals surface area contributed by atoms with Gasteiger partial charge < -0.3 is 16.0 Å². The molecule has 0 radical (unpaired) electrons. The van der Waals surface area contributed by atoms with Crippen molar-refractivity contribution in [1.29, 1.82) is 0 Å². The topological polar surface area (TPSA) is 58.4 Å². The molecule has 5 heteroatoms. The Morgan fingerprint density at radius 2 is 2.17 bits per heavy atom. The first kappa shape index (κ1) is 14.8. The van der Waals surface area contributed by atoms with E-state index in [-0.39, 0.29) is 11.9 Å². The second-order valence-electron chi connectivity index (χ2n) is 4.62. The molecule has 1 amide bonds. The van der Waals surface area contributed by atoms with Gasteiger partial charge >= 0.3 is 0 Å².